The summed E-state index contributed by atoms with van der Waals surface area (Å²) in [6, 6.07) is 14.6. The van der Waals surface area contributed by atoms with Crippen LogP contribution >= 0.6 is 11.6 Å². The van der Waals surface area contributed by atoms with Crippen LogP contribution < -0.4 is 10.6 Å². The van der Waals surface area contributed by atoms with E-state index in [0.717, 1.165) is 12.0 Å². The van der Waals surface area contributed by atoms with E-state index in [0.29, 0.717) is 34.6 Å². The molecule has 2 aromatic carbocycles. The second-order valence-corrected chi connectivity index (χ2v) is 6.11. The van der Waals surface area contributed by atoms with Gasteiger partial charge in [-0.15, -0.1) is 5.10 Å². The van der Waals surface area contributed by atoms with Crippen molar-refractivity contribution in [1.29, 1.82) is 0 Å². The number of carbonyl (C=O) groups is 1. The third-order valence-corrected chi connectivity index (χ3v) is 3.94. The summed E-state index contributed by atoms with van der Waals surface area (Å²) in [5.41, 5.74) is 2.27. The topological polar surface area (TPSA) is 89.0 Å². The van der Waals surface area contributed by atoms with Crippen LogP contribution in [0.2, 0.25) is 5.02 Å². The molecule has 3 rings (SSSR count). The Labute approximate surface area is 161 Å². The minimum Gasteiger partial charge on any atom is -0.465 e. The van der Waals surface area contributed by atoms with Crippen molar-refractivity contribution >= 4 is 35.0 Å². The Morgan fingerprint density at radius 3 is 2.85 bits per heavy atom. The van der Waals surface area contributed by atoms with E-state index < -0.39 is 5.97 Å². The standard InChI is InChI=1S/C19H18ClN5O2/c1-27-18(26)14-5-3-7-16(11-14)23-17-12-22-25-19(24-17)21-9-8-13-4-2-6-15(20)10-13/h2-7,10-12H,8-9H2,1H3,(H2,21,23,24,25). The van der Waals surface area contributed by atoms with Crippen LogP contribution in [-0.2, 0) is 11.2 Å². The number of nitrogens with one attached hydrogen (secondary N) is 2. The number of halogens is 1. The van der Waals surface area contributed by atoms with E-state index in [-0.39, 0.29) is 0 Å². The van der Waals surface area contributed by atoms with Crippen LogP contribution in [0, 0.1) is 0 Å². The lowest BCUT2D eigenvalue weighted by atomic mass is 10.1. The summed E-state index contributed by atoms with van der Waals surface area (Å²) in [7, 11) is 1.35. The van der Waals surface area contributed by atoms with Gasteiger partial charge in [0, 0.05) is 17.3 Å². The molecule has 0 unspecified atom stereocenters. The van der Waals surface area contributed by atoms with E-state index in [1.807, 2.05) is 30.3 Å². The quantitative estimate of drug-likeness (QED) is 0.601. The van der Waals surface area contributed by atoms with Gasteiger partial charge in [0.1, 0.15) is 0 Å². The predicted octanol–water partition coefficient (Wildman–Crippen LogP) is 3.71. The fourth-order valence-corrected chi connectivity index (χ4v) is 2.65. The zero-order valence-corrected chi connectivity index (χ0v) is 15.4. The van der Waals surface area contributed by atoms with Crippen molar-refractivity contribution in [2.45, 2.75) is 6.42 Å². The third-order valence-electron chi connectivity index (χ3n) is 3.70. The average molecular weight is 384 g/mol. The molecule has 27 heavy (non-hydrogen) atoms. The SMILES string of the molecule is COC(=O)c1cccc(Nc2cnnc(NCCc3cccc(Cl)c3)n2)c1. The van der Waals surface area contributed by atoms with Gasteiger partial charge in [0.05, 0.1) is 18.9 Å². The number of aromatic nitrogens is 3. The number of rotatable bonds is 7. The number of hydrogen-bond donors (Lipinski definition) is 2. The fraction of sp³-hybridized carbons (Fsp3) is 0.158. The molecule has 7 nitrogen and oxygen atoms in total. The molecule has 0 radical (unpaired) electrons. The monoisotopic (exact) mass is 383 g/mol. The summed E-state index contributed by atoms with van der Waals surface area (Å²) >= 11 is 5.99. The first-order valence-corrected chi connectivity index (χ1v) is 8.65. The number of hydrogen-bond acceptors (Lipinski definition) is 7. The van der Waals surface area contributed by atoms with E-state index in [2.05, 4.69) is 25.8 Å². The number of ether oxygens (including phenoxy) is 1. The summed E-state index contributed by atoms with van der Waals surface area (Å²) in [6.45, 7) is 0.642. The van der Waals surface area contributed by atoms with Gasteiger partial charge in [-0.25, -0.2) is 4.79 Å². The molecule has 3 aromatic rings. The maximum absolute atomic E-state index is 11.6. The van der Waals surface area contributed by atoms with Gasteiger partial charge in [-0.2, -0.15) is 10.1 Å². The highest BCUT2D eigenvalue weighted by Crippen LogP contribution is 2.17. The maximum Gasteiger partial charge on any atom is 0.337 e. The molecular formula is C19H18ClN5O2. The van der Waals surface area contributed by atoms with Crippen molar-refractivity contribution in [3.8, 4) is 0 Å². The lowest BCUT2D eigenvalue weighted by Gasteiger charge is -2.09. The van der Waals surface area contributed by atoms with Crippen molar-refractivity contribution in [2.75, 3.05) is 24.3 Å². The highest BCUT2D eigenvalue weighted by molar-refractivity contribution is 6.30. The second-order valence-electron chi connectivity index (χ2n) is 5.67. The molecule has 138 valence electrons. The second kappa shape index (κ2) is 8.95. The Hall–Kier alpha value is -3.19. The molecule has 0 aliphatic rings. The van der Waals surface area contributed by atoms with Gasteiger partial charge in [0.25, 0.3) is 0 Å². The van der Waals surface area contributed by atoms with Crippen LogP contribution in [0.25, 0.3) is 0 Å². The van der Waals surface area contributed by atoms with E-state index in [1.54, 1.807) is 18.2 Å². The fourth-order valence-electron chi connectivity index (χ4n) is 2.44. The van der Waals surface area contributed by atoms with Crippen LogP contribution in [-0.4, -0.2) is 34.8 Å². The number of esters is 1. The number of benzene rings is 2. The van der Waals surface area contributed by atoms with Gasteiger partial charge < -0.3 is 15.4 Å². The first-order valence-electron chi connectivity index (χ1n) is 8.27. The average Bonchev–Trinajstić information content (AvgIpc) is 2.68. The smallest absolute Gasteiger partial charge is 0.337 e. The molecule has 1 heterocycles. The van der Waals surface area contributed by atoms with Crippen LogP contribution in [0.4, 0.5) is 17.5 Å². The van der Waals surface area contributed by atoms with Gasteiger partial charge in [0.15, 0.2) is 5.82 Å². The lowest BCUT2D eigenvalue weighted by molar-refractivity contribution is 0.0601. The van der Waals surface area contributed by atoms with Crippen molar-refractivity contribution in [3.05, 3.63) is 70.9 Å². The van der Waals surface area contributed by atoms with Crippen LogP contribution in [0.5, 0.6) is 0 Å². The molecule has 2 N–H and O–H groups in total. The van der Waals surface area contributed by atoms with Crippen molar-refractivity contribution in [1.82, 2.24) is 15.2 Å². The van der Waals surface area contributed by atoms with Gasteiger partial charge >= 0.3 is 5.97 Å². The maximum atomic E-state index is 11.6. The Bertz CT molecular complexity index is 935. The number of methoxy groups -OCH3 is 1. The Balaban J connectivity index is 1.61. The molecule has 0 aliphatic heterocycles. The summed E-state index contributed by atoms with van der Waals surface area (Å²) in [6.07, 6.45) is 2.29. The molecule has 0 saturated carbocycles. The first kappa shape index (κ1) is 18.6. The highest BCUT2D eigenvalue weighted by atomic mass is 35.5. The van der Waals surface area contributed by atoms with E-state index >= 15 is 0 Å². The predicted molar refractivity (Wildman–Crippen MR) is 105 cm³/mol. The van der Waals surface area contributed by atoms with Gasteiger partial charge in [-0.3, -0.25) is 0 Å². The van der Waals surface area contributed by atoms with Crippen LogP contribution in [0.1, 0.15) is 15.9 Å². The van der Waals surface area contributed by atoms with Gasteiger partial charge in [-0.05, 0) is 42.3 Å². The number of nitrogens with zero attached hydrogens (tertiary/aromatic N) is 3. The third kappa shape index (κ3) is 5.39. The molecule has 0 spiro atoms. The van der Waals surface area contributed by atoms with Crippen molar-refractivity contribution in [2.24, 2.45) is 0 Å². The minimum atomic E-state index is -0.400. The Morgan fingerprint density at radius 1 is 1.19 bits per heavy atom. The summed E-state index contributed by atoms with van der Waals surface area (Å²) in [4.78, 5) is 16.0. The molecule has 1 aromatic heterocycles. The minimum absolute atomic E-state index is 0.400. The summed E-state index contributed by atoms with van der Waals surface area (Å²) < 4.78 is 4.73. The molecule has 0 aliphatic carbocycles. The van der Waals surface area contributed by atoms with Crippen LogP contribution in [0.15, 0.2) is 54.7 Å². The number of carbonyl (C=O) groups excluding carboxylic acids is 1. The molecule has 0 saturated heterocycles. The molecule has 0 atom stereocenters. The first-order chi connectivity index (χ1) is 13.1. The molecule has 8 heteroatoms. The normalized spacial score (nSPS) is 10.3. The highest BCUT2D eigenvalue weighted by Gasteiger charge is 2.07. The van der Waals surface area contributed by atoms with E-state index in [4.69, 9.17) is 16.3 Å². The zero-order chi connectivity index (χ0) is 19.1. The largest absolute Gasteiger partial charge is 0.465 e. The van der Waals surface area contributed by atoms with E-state index in [1.165, 1.54) is 13.3 Å². The zero-order valence-electron chi connectivity index (χ0n) is 14.6. The molecule has 0 fully saturated rings. The lowest BCUT2D eigenvalue weighted by Crippen LogP contribution is -2.10. The van der Waals surface area contributed by atoms with Gasteiger partial charge in [0.2, 0.25) is 5.95 Å². The Kier molecular flexibility index (Phi) is 6.17. The van der Waals surface area contributed by atoms with E-state index in [9.17, 15) is 4.79 Å². The molecule has 0 amide bonds. The molecule has 0 bridgehead atoms. The van der Waals surface area contributed by atoms with Crippen LogP contribution in [0.3, 0.4) is 0 Å². The number of anilines is 3. The Morgan fingerprint density at radius 2 is 2.04 bits per heavy atom. The van der Waals surface area contributed by atoms with Crippen molar-refractivity contribution in [3.63, 3.8) is 0 Å². The van der Waals surface area contributed by atoms with Crippen molar-refractivity contribution < 1.29 is 9.53 Å². The van der Waals surface area contributed by atoms with Gasteiger partial charge in [-0.1, -0.05) is 29.8 Å². The summed E-state index contributed by atoms with van der Waals surface area (Å²) in [5, 5.41) is 14.9. The molecular weight excluding hydrogens is 366 g/mol. The summed E-state index contributed by atoms with van der Waals surface area (Å²) in [5.74, 6) is 0.520.